The molecule has 0 radical (unpaired) electrons. The number of amides is 1. The zero-order chi connectivity index (χ0) is 31.4. The van der Waals surface area contributed by atoms with Gasteiger partial charge in [-0.1, -0.05) is 41.9 Å². The molecule has 4 rings (SSSR count). The summed E-state index contributed by atoms with van der Waals surface area (Å²) in [5, 5.41) is 18.2. The molecule has 0 aliphatic heterocycles. The van der Waals surface area contributed by atoms with E-state index in [1.54, 1.807) is 48.5 Å². The van der Waals surface area contributed by atoms with Crippen LogP contribution >= 0.6 is 19.2 Å². The number of esters is 1. The zero-order valence-electron chi connectivity index (χ0n) is 24.1. The normalized spacial score (nSPS) is 12.2. The van der Waals surface area contributed by atoms with E-state index in [0.29, 0.717) is 34.8 Å². The summed E-state index contributed by atoms with van der Waals surface area (Å²) < 4.78 is 28.5. The van der Waals surface area contributed by atoms with Crippen molar-refractivity contribution in [1.29, 1.82) is 0 Å². The Morgan fingerprint density at radius 2 is 1.80 bits per heavy atom. The Hall–Kier alpha value is -4.35. The fourth-order valence-corrected chi connectivity index (χ4v) is 5.19. The summed E-state index contributed by atoms with van der Waals surface area (Å²) >= 11 is 6.20. The Kier molecular flexibility index (Phi) is 11.8. The van der Waals surface area contributed by atoms with Crippen molar-refractivity contribution in [3.05, 3.63) is 107 Å². The largest absolute Gasteiger partial charge is 0.461 e. The first kappa shape index (κ1) is 32.6. The highest BCUT2D eigenvalue weighted by atomic mass is 35.5. The number of ether oxygens (including phenoxy) is 1. The topological polar surface area (TPSA) is 147 Å². The summed E-state index contributed by atoms with van der Waals surface area (Å²) in [7, 11) is -0.705. The number of anilines is 1. The van der Waals surface area contributed by atoms with Gasteiger partial charge in [0.05, 0.1) is 23.5 Å². The van der Waals surface area contributed by atoms with Crippen LogP contribution in [0.3, 0.4) is 0 Å². The van der Waals surface area contributed by atoms with Crippen molar-refractivity contribution in [2.45, 2.75) is 12.5 Å². The molecule has 4 aromatic rings. The van der Waals surface area contributed by atoms with Gasteiger partial charge in [-0.3, -0.25) is 9.36 Å². The predicted octanol–water partition coefficient (Wildman–Crippen LogP) is 4.81. The number of carbonyl (C=O) groups is 2. The molecule has 0 aliphatic carbocycles. The lowest BCUT2D eigenvalue weighted by molar-refractivity contribution is -0.117. The maximum absolute atomic E-state index is 13.0. The third kappa shape index (κ3) is 9.58. The molecule has 0 saturated heterocycles. The second kappa shape index (κ2) is 15.9. The number of tetrazole rings is 1. The van der Waals surface area contributed by atoms with Crippen molar-refractivity contribution < 1.29 is 27.9 Å². The molecule has 0 fully saturated rings. The van der Waals surface area contributed by atoms with Crippen LogP contribution in [0.15, 0.2) is 85.2 Å². The molecule has 0 unspecified atom stereocenters. The van der Waals surface area contributed by atoms with Crippen LogP contribution in [-0.4, -0.2) is 71.7 Å². The number of halogens is 1. The average Bonchev–Trinajstić information content (AvgIpc) is 3.58. The molecule has 3 aromatic carbocycles. The van der Waals surface area contributed by atoms with Gasteiger partial charge >= 0.3 is 13.6 Å². The monoisotopic (exact) mass is 638 g/mol. The first-order valence-electron chi connectivity index (χ1n) is 13.6. The van der Waals surface area contributed by atoms with E-state index in [0.717, 1.165) is 11.3 Å². The van der Waals surface area contributed by atoms with Crippen molar-refractivity contribution in [2.75, 3.05) is 38.8 Å². The fraction of sp³-hybridized carbons (Fsp3) is 0.233. The Bertz CT molecular complexity index is 1590. The molecule has 1 aromatic heterocycles. The van der Waals surface area contributed by atoms with Crippen LogP contribution in [-0.2, 0) is 29.6 Å². The second-order valence-electron chi connectivity index (χ2n) is 9.48. The number of nitrogens with one attached hydrogen (secondary N) is 2. The maximum Gasteiger partial charge on any atom is 0.338 e. The first-order chi connectivity index (χ1) is 21.3. The number of rotatable bonds is 15. The van der Waals surface area contributed by atoms with Crippen LogP contribution in [0.4, 0.5) is 5.69 Å². The number of hydrogen-bond acceptors (Lipinski definition) is 10. The number of aromatic nitrogens is 4. The molecule has 0 bridgehead atoms. The highest BCUT2D eigenvalue weighted by Crippen LogP contribution is 2.45. The van der Waals surface area contributed by atoms with E-state index >= 15 is 0 Å². The number of benzene rings is 3. The SMILES string of the molecule is COP(=O)(CCOC(=O)c1ccc(NC[C@H](Cc2ccccc2)NC(=O)/C=C/c2cc(Cl)ccc2-n2cnnn2)cc1)OC. The van der Waals surface area contributed by atoms with Crippen LogP contribution in [0.5, 0.6) is 0 Å². The van der Waals surface area contributed by atoms with Crippen molar-refractivity contribution in [2.24, 2.45) is 0 Å². The van der Waals surface area contributed by atoms with Crippen LogP contribution in [0.25, 0.3) is 11.8 Å². The minimum atomic E-state index is -3.26. The molecule has 2 N–H and O–H groups in total. The molecular weight excluding hydrogens is 607 g/mol. The van der Waals surface area contributed by atoms with E-state index < -0.39 is 13.6 Å². The van der Waals surface area contributed by atoms with Gasteiger partial charge in [0.2, 0.25) is 5.91 Å². The van der Waals surface area contributed by atoms with Gasteiger partial charge in [-0.2, -0.15) is 4.68 Å². The number of nitrogens with zero attached hydrogens (tertiary/aromatic N) is 4. The summed E-state index contributed by atoms with van der Waals surface area (Å²) in [6.45, 7) is 0.304. The van der Waals surface area contributed by atoms with Gasteiger partial charge in [0.15, 0.2) is 0 Å². The molecule has 14 heteroatoms. The van der Waals surface area contributed by atoms with Crippen molar-refractivity contribution in [3.63, 3.8) is 0 Å². The van der Waals surface area contributed by atoms with Gasteiger partial charge in [0.25, 0.3) is 0 Å². The minimum absolute atomic E-state index is 0.0470. The third-order valence-electron chi connectivity index (χ3n) is 6.50. The minimum Gasteiger partial charge on any atom is -0.461 e. The van der Waals surface area contributed by atoms with Gasteiger partial charge < -0.3 is 24.4 Å². The van der Waals surface area contributed by atoms with E-state index in [9.17, 15) is 14.2 Å². The summed E-state index contributed by atoms with van der Waals surface area (Å²) in [5.74, 6) is -0.848. The van der Waals surface area contributed by atoms with Crippen molar-refractivity contribution >= 4 is 42.8 Å². The van der Waals surface area contributed by atoms with E-state index in [4.69, 9.17) is 25.4 Å². The van der Waals surface area contributed by atoms with E-state index in [1.807, 2.05) is 30.3 Å². The summed E-state index contributed by atoms with van der Waals surface area (Å²) in [6.07, 6.45) is 5.09. The first-order valence-corrected chi connectivity index (χ1v) is 15.7. The van der Waals surface area contributed by atoms with Crippen LogP contribution in [0, 0.1) is 0 Å². The Morgan fingerprint density at radius 3 is 2.48 bits per heavy atom. The maximum atomic E-state index is 13.0. The molecule has 0 saturated carbocycles. The number of carbonyl (C=O) groups excluding carboxylic acids is 2. The Morgan fingerprint density at radius 1 is 1.05 bits per heavy atom. The summed E-state index contributed by atoms with van der Waals surface area (Å²) in [4.78, 5) is 25.4. The lowest BCUT2D eigenvalue weighted by atomic mass is 10.1. The highest BCUT2D eigenvalue weighted by Gasteiger charge is 2.21. The van der Waals surface area contributed by atoms with Gasteiger partial charge in [0.1, 0.15) is 12.9 Å². The molecule has 1 atom stereocenters. The Labute approximate surface area is 259 Å². The third-order valence-corrected chi connectivity index (χ3v) is 8.58. The predicted molar refractivity (Wildman–Crippen MR) is 167 cm³/mol. The zero-order valence-corrected chi connectivity index (χ0v) is 25.8. The smallest absolute Gasteiger partial charge is 0.338 e. The molecule has 1 heterocycles. The molecular formula is C30H32ClN6O6P. The lowest BCUT2D eigenvalue weighted by Crippen LogP contribution is -2.40. The van der Waals surface area contributed by atoms with Gasteiger partial charge in [-0.25, -0.2) is 4.79 Å². The molecule has 0 aliphatic rings. The average molecular weight is 639 g/mol. The number of hydrogen-bond donors (Lipinski definition) is 2. The van der Waals surface area contributed by atoms with Crippen LogP contribution < -0.4 is 10.6 Å². The van der Waals surface area contributed by atoms with Gasteiger partial charge in [-0.05, 0) is 71.0 Å². The quantitative estimate of drug-likeness (QED) is 0.106. The van der Waals surface area contributed by atoms with Gasteiger partial charge in [-0.15, -0.1) is 5.10 Å². The molecule has 1 amide bonds. The molecule has 44 heavy (non-hydrogen) atoms. The molecule has 230 valence electrons. The van der Waals surface area contributed by atoms with E-state index in [2.05, 4.69) is 26.2 Å². The van der Waals surface area contributed by atoms with Crippen molar-refractivity contribution in [1.82, 2.24) is 25.5 Å². The standard InChI is InChI=1S/C30H32ClN6O6P/c1-41-44(40,42-2)17-16-43-30(39)23-8-12-26(13-9-23)32-20-27(18-22-6-4-3-5-7-22)34-29(38)15-10-24-19-25(31)11-14-28(24)37-21-33-35-36-37/h3-15,19,21,27,32H,16-18,20H2,1-2H3,(H,34,38)/b15-10+/t27-/m0/s1. The Balaban J connectivity index is 1.38. The fourth-order valence-electron chi connectivity index (χ4n) is 4.18. The summed E-state index contributed by atoms with van der Waals surface area (Å²) in [6, 6.07) is 21.5. The summed E-state index contributed by atoms with van der Waals surface area (Å²) in [5.41, 5.74) is 3.48. The second-order valence-corrected chi connectivity index (χ2v) is 12.3. The van der Waals surface area contributed by atoms with Gasteiger partial charge in [0, 0.05) is 43.1 Å². The molecule has 12 nitrogen and oxygen atoms in total. The molecule has 0 spiro atoms. The van der Waals surface area contributed by atoms with E-state index in [1.165, 1.54) is 31.3 Å². The van der Waals surface area contributed by atoms with Crippen molar-refractivity contribution in [3.8, 4) is 5.69 Å². The lowest BCUT2D eigenvalue weighted by Gasteiger charge is -2.20. The highest BCUT2D eigenvalue weighted by molar-refractivity contribution is 7.53. The van der Waals surface area contributed by atoms with Crippen LogP contribution in [0.2, 0.25) is 5.02 Å². The van der Waals surface area contributed by atoms with E-state index in [-0.39, 0.29) is 24.7 Å². The van der Waals surface area contributed by atoms with Crippen LogP contribution in [0.1, 0.15) is 21.5 Å².